The highest BCUT2D eigenvalue weighted by molar-refractivity contribution is 6.35. The van der Waals surface area contributed by atoms with Crippen LogP contribution in [0.3, 0.4) is 0 Å². The van der Waals surface area contributed by atoms with E-state index in [1.54, 1.807) is 6.07 Å². The van der Waals surface area contributed by atoms with Crippen molar-refractivity contribution in [2.45, 2.75) is 32.0 Å². The zero-order valence-electron chi connectivity index (χ0n) is 11.3. The molecule has 1 heterocycles. The van der Waals surface area contributed by atoms with Crippen molar-refractivity contribution in [3.8, 4) is 0 Å². The highest BCUT2D eigenvalue weighted by Gasteiger charge is 2.30. The summed E-state index contributed by atoms with van der Waals surface area (Å²) >= 11 is 12.3. The fourth-order valence-corrected chi connectivity index (χ4v) is 3.11. The third-order valence-corrected chi connectivity index (χ3v) is 4.16. The van der Waals surface area contributed by atoms with E-state index in [9.17, 15) is 0 Å². The Bertz CT molecular complexity index is 441. The summed E-state index contributed by atoms with van der Waals surface area (Å²) in [6, 6.07) is 6.03. The normalized spacial score (nSPS) is 26.4. The largest absolute Gasteiger partial charge is 0.376 e. The first-order chi connectivity index (χ1) is 9.02. The second kappa shape index (κ2) is 6.42. The molecule has 3 unspecified atom stereocenters. The summed E-state index contributed by atoms with van der Waals surface area (Å²) in [5.41, 5.74) is 7.01. The van der Waals surface area contributed by atoms with Gasteiger partial charge in [-0.3, -0.25) is 4.90 Å². The fourth-order valence-electron chi connectivity index (χ4n) is 2.58. The first-order valence-corrected chi connectivity index (χ1v) is 7.31. The lowest BCUT2D eigenvalue weighted by Crippen LogP contribution is -2.50. The molecule has 3 atom stereocenters. The van der Waals surface area contributed by atoms with Gasteiger partial charge in [0.1, 0.15) is 0 Å². The molecule has 1 aromatic rings. The van der Waals surface area contributed by atoms with E-state index >= 15 is 0 Å². The molecule has 1 aliphatic rings. The van der Waals surface area contributed by atoms with Gasteiger partial charge in [0.25, 0.3) is 0 Å². The van der Waals surface area contributed by atoms with Gasteiger partial charge in [0.2, 0.25) is 0 Å². The molecular weight excluding hydrogens is 283 g/mol. The van der Waals surface area contributed by atoms with Gasteiger partial charge in [0.05, 0.1) is 12.7 Å². The minimum absolute atomic E-state index is 0.103. The summed E-state index contributed by atoms with van der Waals surface area (Å²) in [6.07, 6.45) is 0.219. The predicted octanol–water partition coefficient (Wildman–Crippen LogP) is 3.10. The van der Waals surface area contributed by atoms with E-state index in [-0.39, 0.29) is 12.1 Å². The maximum Gasteiger partial charge on any atom is 0.0675 e. The molecule has 1 saturated heterocycles. The summed E-state index contributed by atoms with van der Waals surface area (Å²) in [6.45, 7) is 6.34. The molecule has 0 saturated carbocycles. The average molecular weight is 303 g/mol. The third kappa shape index (κ3) is 3.41. The summed E-state index contributed by atoms with van der Waals surface area (Å²) in [7, 11) is 0. The lowest BCUT2D eigenvalue weighted by Gasteiger charge is -2.42. The van der Waals surface area contributed by atoms with Crippen molar-refractivity contribution >= 4 is 23.2 Å². The Labute approximate surface area is 124 Å². The Hall–Kier alpha value is -0.320. The van der Waals surface area contributed by atoms with E-state index in [1.165, 1.54) is 0 Å². The number of morpholine rings is 1. The van der Waals surface area contributed by atoms with Crippen LogP contribution in [0.1, 0.15) is 25.5 Å². The van der Waals surface area contributed by atoms with E-state index in [2.05, 4.69) is 18.7 Å². The van der Waals surface area contributed by atoms with Crippen LogP contribution in [-0.2, 0) is 4.74 Å². The molecule has 2 rings (SSSR count). The molecule has 5 heteroatoms. The lowest BCUT2D eigenvalue weighted by molar-refractivity contribution is -0.0653. The molecule has 0 spiro atoms. The van der Waals surface area contributed by atoms with Gasteiger partial charge >= 0.3 is 0 Å². The van der Waals surface area contributed by atoms with Crippen LogP contribution < -0.4 is 5.73 Å². The molecule has 106 valence electrons. The predicted molar refractivity (Wildman–Crippen MR) is 79.8 cm³/mol. The smallest absolute Gasteiger partial charge is 0.0675 e. The topological polar surface area (TPSA) is 38.5 Å². The van der Waals surface area contributed by atoms with Gasteiger partial charge in [0.15, 0.2) is 0 Å². The maximum atomic E-state index is 6.31. The second-order valence-electron chi connectivity index (χ2n) is 5.11. The Morgan fingerprint density at radius 1 is 1.42 bits per heavy atom. The highest BCUT2D eigenvalue weighted by atomic mass is 35.5. The Morgan fingerprint density at radius 2 is 2.16 bits per heavy atom. The van der Waals surface area contributed by atoms with Crippen LogP contribution in [0.2, 0.25) is 10.0 Å². The van der Waals surface area contributed by atoms with Gasteiger partial charge < -0.3 is 10.5 Å². The molecule has 0 bridgehead atoms. The Kier molecular flexibility index (Phi) is 5.09. The molecule has 2 N–H and O–H groups in total. The standard InChI is InChI=1S/C14H20Cl2N2O/c1-9-8-19-10(2)7-18(9)14(6-17)12-4-3-11(15)5-13(12)16/h3-5,9-10,14H,6-8,17H2,1-2H3. The second-order valence-corrected chi connectivity index (χ2v) is 5.95. The third-order valence-electron chi connectivity index (χ3n) is 3.60. The molecule has 1 fully saturated rings. The van der Waals surface area contributed by atoms with Crippen molar-refractivity contribution in [3.05, 3.63) is 33.8 Å². The van der Waals surface area contributed by atoms with Crippen LogP contribution in [0.15, 0.2) is 18.2 Å². The molecule has 1 aliphatic heterocycles. The quantitative estimate of drug-likeness (QED) is 0.932. The number of halogens is 2. The SMILES string of the molecule is CC1CN(C(CN)c2ccc(Cl)cc2Cl)C(C)CO1. The number of nitrogens with zero attached hydrogens (tertiary/aromatic N) is 1. The van der Waals surface area contributed by atoms with Crippen molar-refractivity contribution in [1.29, 1.82) is 0 Å². The Morgan fingerprint density at radius 3 is 2.79 bits per heavy atom. The fraction of sp³-hybridized carbons (Fsp3) is 0.571. The van der Waals surface area contributed by atoms with E-state index in [1.807, 2.05) is 12.1 Å². The molecule has 19 heavy (non-hydrogen) atoms. The van der Waals surface area contributed by atoms with Crippen molar-refractivity contribution in [2.24, 2.45) is 5.73 Å². The van der Waals surface area contributed by atoms with Gasteiger partial charge in [-0.1, -0.05) is 29.3 Å². The molecule has 0 aliphatic carbocycles. The van der Waals surface area contributed by atoms with Gasteiger partial charge in [-0.2, -0.15) is 0 Å². The van der Waals surface area contributed by atoms with Crippen molar-refractivity contribution in [1.82, 2.24) is 4.90 Å². The summed E-state index contributed by atoms with van der Waals surface area (Å²) in [4.78, 5) is 2.36. The summed E-state index contributed by atoms with van der Waals surface area (Å²) < 4.78 is 5.66. The first-order valence-electron chi connectivity index (χ1n) is 6.55. The zero-order valence-corrected chi connectivity index (χ0v) is 12.8. The van der Waals surface area contributed by atoms with Crippen LogP contribution in [-0.4, -0.2) is 36.7 Å². The van der Waals surface area contributed by atoms with Crippen LogP contribution >= 0.6 is 23.2 Å². The molecule has 1 aromatic carbocycles. The van der Waals surface area contributed by atoms with Crippen molar-refractivity contribution < 1.29 is 4.74 Å². The number of hydrogen-bond acceptors (Lipinski definition) is 3. The van der Waals surface area contributed by atoms with E-state index in [0.717, 1.165) is 18.7 Å². The van der Waals surface area contributed by atoms with Crippen molar-refractivity contribution in [3.63, 3.8) is 0 Å². The van der Waals surface area contributed by atoms with Crippen LogP contribution in [0.25, 0.3) is 0 Å². The van der Waals surface area contributed by atoms with Crippen LogP contribution in [0.4, 0.5) is 0 Å². The van der Waals surface area contributed by atoms with E-state index in [4.69, 9.17) is 33.7 Å². The van der Waals surface area contributed by atoms with E-state index in [0.29, 0.717) is 22.6 Å². The summed E-state index contributed by atoms with van der Waals surface area (Å²) in [5.74, 6) is 0. The zero-order chi connectivity index (χ0) is 14.0. The molecule has 0 radical (unpaired) electrons. The lowest BCUT2D eigenvalue weighted by atomic mass is 10.0. The van der Waals surface area contributed by atoms with Gasteiger partial charge in [-0.05, 0) is 31.5 Å². The van der Waals surface area contributed by atoms with Gasteiger partial charge in [-0.25, -0.2) is 0 Å². The molecular formula is C14H20Cl2N2O. The number of nitrogens with two attached hydrogens (primary N) is 1. The van der Waals surface area contributed by atoms with Crippen LogP contribution in [0.5, 0.6) is 0 Å². The minimum atomic E-state index is 0.103. The van der Waals surface area contributed by atoms with Crippen molar-refractivity contribution in [2.75, 3.05) is 19.7 Å². The molecule has 3 nitrogen and oxygen atoms in total. The van der Waals surface area contributed by atoms with Gasteiger partial charge in [0, 0.05) is 35.2 Å². The van der Waals surface area contributed by atoms with E-state index < -0.39 is 0 Å². The summed E-state index contributed by atoms with van der Waals surface area (Å²) in [5, 5.41) is 1.32. The number of rotatable bonds is 3. The number of ether oxygens (including phenoxy) is 1. The number of benzene rings is 1. The Balaban J connectivity index is 2.27. The number of hydrogen-bond donors (Lipinski definition) is 1. The first kappa shape index (κ1) is 15.1. The van der Waals surface area contributed by atoms with Crippen LogP contribution in [0, 0.1) is 0 Å². The highest BCUT2D eigenvalue weighted by Crippen LogP contribution is 2.32. The average Bonchev–Trinajstić information content (AvgIpc) is 2.36. The minimum Gasteiger partial charge on any atom is -0.376 e. The monoisotopic (exact) mass is 302 g/mol. The van der Waals surface area contributed by atoms with Gasteiger partial charge in [-0.15, -0.1) is 0 Å². The molecule has 0 amide bonds. The molecule has 0 aromatic heterocycles. The maximum absolute atomic E-state index is 6.31.